The molecule has 0 aliphatic rings. The first-order valence-electron chi connectivity index (χ1n) is 7.02. The summed E-state index contributed by atoms with van der Waals surface area (Å²) in [7, 11) is 1.27. The Labute approximate surface area is 141 Å². The van der Waals surface area contributed by atoms with Crippen molar-refractivity contribution in [3.63, 3.8) is 0 Å². The molecule has 2 rings (SSSR count). The number of rotatable bonds is 5. The molecule has 0 aliphatic carbocycles. The summed E-state index contributed by atoms with van der Waals surface area (Å²) in [6.07, 6.45) is -2.47. The van der Waals surface area contributed by atoms with Crippen LogP contribution >= 0.6 is 0 Å². The van der Waals surface area contributed by atoms with Crippen LogP contribution in [0.25, 0.3) is 5.69 Å². The molecule has 0 bridgehead atoms. The topological polar surface area (TPSA) is 73.6 Å². The summed E-state index contributed by atoms with van der Waals surface area (Å²) >= 11 is 0. The highest BCUT2D eigenvalue weighted by molar-refractivity contribution is 5.84. The van der Waals surface area contributed by atoms with Gasteiger partial charge in [-0.05, 0) is 37.1 Å². The van der Waals surface area contributed by atoms with Gasteiger partial charge in [-0.15, -0.1) is 0 Å². The average molecular weight is 356 g/mol. The number of halogens is 3. The van der Waals surface area contributed by atoms with Gasteiger partial charge in [0, 0.05) is 12.3 Å². The molecule has 6 nitrogen and oxygen atoms in total. The molecule has 1 N–H and O–H groups in total. The van der Waals surface area contributed by atoms with Crippen molar-refractivity contribution < 1.29 is 32.5 Å². The van der Waals surface area contributed by atoms with E-state index in [1.807, 2.05) is 0 Å². The quantitative estimate of drug-likeness (QED) is 0.656. The third kappa shape index (κ3) is 4.11. The lowest BCUT2D eigenvalue weighted by atomic mass is 10.1. The summed E-state index contributed by atoms with van der Waals surface area (Å²) in [6.45, 7) is 3.42. The Kier molecular flexibility index (Phi) is 5.05. The lowest BCUT2D eigenvalue weighted by molar-refractivity contribution is -0.141. The molecule has 2 aromatic rings. The van der Waals surface area contributed by atoms with E-state index in [-0.39, 0.29) is 5.75 Å². The lowest BCUT2D eigenvalue weighted by Crippen LogP contribution is -2.10. The number of benzene rings is 1. The normalized spacial score (nSPS) is 12.2. The van der Waals surface area contributed by atoms with Crippen molar-refractivity contribution in [2.45, 2.75) is 20.0 Å². The molecule has 0 saturated heterocycles. The van der Waals surface area contributed by atoms with E-state index < -0.39 is 23.6 Å². The van der Waals surface area contributed by atoms with Gasteiger partial charge in [0.2, 0.25) is 5.76 Å². The van der Waals surface area contributed by atoms with Gasteiger partial charge in [-0.25, -0.2) is 9.48 Å². The van der Waals surface area contributed by atoms with Gasteiger partial charge in [-0.3, -0.25) is 0 Å². The fraction of sp³-hybridized carbons (Fsp3) is 0.250. The second kappa shape index (κ2) is 6.88. The average Bonchev–Trinajstić information content (AvgIpc) is 3.00. The van der Waals surface area contributed by atoms with E-state index in [9.17, 15) is 18.0 Å². The Bertz CT molecular complexity index is 825. The maximum atomic E-state index is 12.7. The fourth-order valence-electron chi connectivity index (χ4n) is 2.01. The Morgan fingerprint density at radius 1 is 1.32 bits per heavy atom. The van der Waals surface area contributed by atoms with Crippen molar-refractivity contribution in [2.75, 3.05) is 7.11 Å². The zero-order valence-electron chi connectivity index (χ0n) is 13.6. The third-order valence-electron chi connectivity index (χ3n) is 3.40. The monoisotopic (exact) mass is 356 g/mol. The molecular weight excluding hydrogens is 341 g/mol. The fourth-order valence-corrected chi connectivity index (χ4v) is 2.01. The Hall–Kier alpha value is -2.97. The van der Waals surface area contributed by atoms with Crippen molar-refractivity contribution in [1.29, 1.82) is 0 Å². The molecule has 1 aromatic carbocycles. The number of hydrogen-bond acceptors (Lipinski definition) is 4. The summed E-state index contributed by atoms with van der Waals surface area (Å²) in [5.41, 5.74) is 0.600. The molecule has 0 amide bonds. The molecule has 0 atom stereocenters. The number of carboxylic acids is 1. The van der Waals surface area contributed by atoms with Crippen LogP contribution in [-0.4, -0.2) is 28.0 Å². The molecule has 0 radical (unpaired) electrons. The van der Waals surface area contributed by atoms with E-state index in [0.717, 1.165) is 17.0 Å². The molecule has 134 valence electrons. The number of alkyl halides is 3. The zero-order chi connectivity index (χ0) is 18.8. The van der Waals surface area contributed by atoms with Gasteiger partial charge in [-0.1, -0.05) is 0 Å². The molecule has 0 unspecified atom stereocenters. The SMILES string of the molecule is CO/C=C(\Oc1cc(-n2ccc(C(F)(F)F)n2)cc(C)c1C)C(=O)O. The van der Waals surface area contributed by atoms with E-state index in [4.69, 9.17) is 9.84 Å². The van der Waals surface area contributed by atoms with Crippen molar-refractivity contribution in [3.05, 3.63) is 53.2 Å². The van der Waals surface area contributed by atoms with Gasteiger partial charge in [-0.2, -0.15) is 18.3 Å². The maximum absolute atomic E-state index is 12.7. The van der Waals surface area contributed by atoms with Gasteiger partial charge < -0.3 is 14.6 Å². The van der Waals surface area contributed by atoms with Crippen LogP contribution in [0.1, 0.15) is 16.8 Å². The van der Waals surface area contributed by atoms with Gasteiger partial charge in [0.05, 0.1) is 12.8 Å². The molecule has 1 heterocycles. The third-order valence-corrected chi connectivity index (χ3v) is 3.40. The van der Waals surface area contributed by atoms with Crippen LogP contribution in [0.4, 0.5) is 13.2 Å². The van der Waals surface area contributed by atoms with Crippen LogP contribution in [0.15, 0.2) is 36.4 Å². The lowest BCUT2D eigenvalue weighted by Gasteiger charge is -2.13. The molecule has 25 heavy (non-hydrogen) atoms. The molecule has 0 spiro atoms. The number of aryl methyl sites for hydroxylation is 1. The number of aliphatic carboxylic acids is 1. The van der Waals surface area contributed by atoms with Crippen LogP contribution in [0, 0.1) is 13.8 Å². The molecule has 0 aliphatic heterocycles. The van der Waals surface area contributed by atoms with Gasteiger partial charge in [0.25, 0.3) is 0 Å². The number of carbonyl (C=O) groups is 1. The number of aromatic nitrogens is 2. The van der Waals surface area contributed by atoms with Crippen LogP contribution in [0.3, 0.4) is 0 Å². The largest absolute Gasteiger partial charge is 0.500 e. The number of ether oxygens (including phenoxy) is 2. The van der Waals surface area contributed by atoms with Crippen LogP contribution < -0.4 is 4.74 Å². The summed E-state index contributed by atoms with van der Waals surface area (Å²) in [5, 5.41) is 12.6. The molecule has 0 saturated carbocycles. The standard InChI is InChI=1S/C16H15F3N2O4/c1-9-6-11(21-5-4-14(20-21)16(17,18)19)7-12(10(9)2)25-13(8-24-3)15(22)23/h4-8H,1-3H3,(H,22,23)/b13-8-. The highest BCUT2D eigenvalue weighted by Crippen LogP contribution is 2.30. The minimum atomic E-state index is -4.55. The minimum absolute atomic E-state index is 0.171. The van der Waals surface area contributed by atoms with Gasteiger partial charge >= 0.3 is 12.1 Å². The van der Waals surface area contributed by atoms with Crippen molar-refractivity contribution in [2.24, 2.45) is 0 Å². The van der Waals surface area contributed by atoms with E-state index in [2.05, 4.69) is 9.84 Å². The predicted molar refractivity (Wildman–Crippen MR) is 81.4 cm³/mol. The Balaban J connectivity index is 2.46. The van der Waals surface area contributed by atoms with E-state index in [1.54, 1.807) is 19.9 Å². The van der Waals surface area contributed by atoms with Gasteiger partial charge in [0.15, 0.2) is 5.69 Å². The highest BCUT2D eigenvalue weighted by Gasteiger charge is 2.33. The number of methoxy groups -OCH3 is 1. The predicted octanol–water partition coefficient (Wildman–Crippen LogP) is 3.46. The first-order chi connectivity index (χ1) is 11.6. The minimum Gasteiger partial charge on any atom is -0.500 e. The first kappa shape index (κ1) is 18.4. The summed E-state index contributed by atoms with van der Waals surface area (Å²) in [6, 6.07) is 3.88. The van der Waals surface area contributed by atoms with Crippen LogP contribution in [-0.2, 0) is 15.7 Å². The van der Waals surface area contributed by atoms with Crippen LogP contribution in [0.5, 0.6) is 5.75 Å². The molecule has 9 heteroatoms. The van der Waals surface area contributed by atoms with Crippen LogP contribution in [0.2, 0.25) is 0 Å². The molecular formula is C16H15F3N2O4. The van der Waals surface area contributed by atoms with Crippen molar-refractivity contribution >= 4 is 5.97 Å². The molecule has 0 fully saturated rings. The Morgan fingerprint density at radius 2 is 2.00 bits per heavy atom. The second-order valence-corrected chi connectivity index (χ2v) is 5.15. The number of carboxylic acid groups (broad SMARTS) is 1. The summed E-state index contributed by atoms with van der Waals surface area (Å²) in [5.74, 6) is -1.63. The summed E-state index contributed by atoms with van der Waals surface area (Å²) in [4.78, 5) is 11.1. The van der Waals surface area contributed by atoms with Crippen molar-refractivity contribution in [3.8, 4) is 11.4 Å². The summed E-state index contributed by atoms with van der Waals surface area (Å²) < 4.78 is 49.1. The highest BCUT2D eigenvalue weighted by atomic mass is 19.4. The number of hydrogen-bond donors (Lipinski definition) is 1. The first-order valence-corrected chi connectivity index (χ1v) is 7.02. The van der Waals surface area contributed by atoms with E-state index in [1.165, 1.54) is 19.4 Å². The smallest absolute Gasteiger partial charge is 0.435 e. The maximum Gasteiger partial charge on any atom is 0.435 e. The second-order valence-electron chi connectivity index (χ2n) is 5.15. The van der Waals surface area contributed by atoms with E-state index >= 15 is 0 Å². The Morgan fingerprint density at radius 3 is 2.52 bits per heavy atom. The van der Waals surface area contributed by atoms with Gasteiger partial charge in [0.1, 0.15) is 12.0 Å². The molecule has 1 aromatic heterocycles. The zero-order valence-corrected chi connectivity index (χ0v) is 13.6. The van der Waals surface area contributed by atoms with E-state index in [0.29, 0.717) is 16.8 Å². The number of nitrogens with zero attached hydrogens (tertiary/aromatic N) is 2. The van der Waals surface area contributed by atoms with Crippen molar-refractivity contribution in [1.82, 2.24) is 9.78 Å².